The SMILES string of the molecule is Nc1cc(-n2c(-c3ccccc3)nc3ccccc32)ccc1O. The number of nitrogen functional groups attached to an aromatic ring is 1. The van der Waals surface area contributed by atoms with Crippen molar-refractivity contribution in [3.05, 3.63) is 72.8 Å². The van der Waals surface area contributed by atoms with Gasteiger partial charge in [-0.3, -0.25) is 4.57 Å². The zero-order chi connectivity index (χ0) is 15.8. The van der Waals surface area contributed by atoms with E-state index in [1.165, 1.54) is 0 Å². The van der Waals surface area contributed by atoms with Crippen molar-refractivity contribution in [3.8, 4) is 22.8 Å². The van der Waals surface area contributed by atoms with E-state index in [1.807, 2.05) is 60.7 Å². The number of nitrogens with two attached hydrogens (primary N) is 1. The van der Waals surface area contributed by atoms with Crippen molar-refractivity contribution >= 4 is 16.7 Å². The number of nitrogens with zero attached hydrogens (tertiary/aromatic N) is 2. The summed E-state index contributed by atoms with van der Waals surface area (Å²) in [6.07, 6.45) is 0. The molecule has 112 valence electrons. The van der Waals surface area contributed by atoms with Crippen LogP contribution in [0, 0.1) is 0 Å². The fraction of sp³-hybridized carbons (Fsp3) is 0. The number of phenols is 1. The number of phenolic OH excluding ortho intramolecular Hbond substituents is 1. The van der Waals surface area contributed by atoms with Gasteiger partial charge < -0.3 is 10.8 Å². The summed E-state index contributed by atoms with van der Waals surface area (Å²) in [6.45, 7) is 0. The van der Waals surface area contributed by atoms with Crippen molar-refractivity contribution in [2.24, 2.45) is 0 Å². The molecule has 0 aliphatic carbocycles. The van der Waals surface area contributed by atoms with Gasteiger partial charge in [-0.05, 0) is 30.3 Å². The van der Waals surface area contributed by atoms with Gasteiger partial charge in [0.25, 0.3) is 0 Å². The third-order valence-corrected chi connectivity index (χ3v) is 3.86. The van der Waals surface area contributed by atoms with Crippen LogP contribution in [0.25, 0.3) is 28.1 Å². The lowest BCUT2D eigenvalue weighted by atomic mass is 10.2. The van der Waals surface area contributed by atoms with E-state index in [0.29, 0.717) is 5.69 Å². The number of aromatic nitrogens is 2. The zero-order valence-corrected chi connectivity index (χ0v) is 12.3. The van der Waals surface area contributed by atoms with Crippen LogP contribution < -0.4 is 5.73 Å². The summed E-state index contributed by atoms with van der Waals surface area (Å²) in [5, 5.41) is 9.69. The Labute approximate surface area is 133 Å². The van der Waals surface area contributed by atoms with Gasteiger partial charge in [0, 0.05) is 5.56 Å². The molecule has 0 fully saturated rings. The molecule has 0 saturated carbocycles. The van der Waals surface area contributed by atoms with Gasteiger partial charge in [0.2, 0.25) is 0 Å². The minimum Gasteiger partial charge on any atom is -0.506 e. The number of para-hydroxylation sites is 2. The second kappa shape index (κ2) is 5.18. The van der Waals surface area contributed by atoms with Crippen LogP contribution in [-0.2, 0) is 0 Å². The third kappa shape index (κ3) is 2.21. The summed E-state index contributed by atoms with van der Waals surface area (Å²) in [7, 11) is 0. The highest BCUT2D eigenvalue weighted by atomic mass is 16.3. The summed E-state index contributed by atoms with van der Waals surface area (Å²) in [5.41, 5.74) is 10.0. The highest BCUT2D eigenvalue weighted by molar-refractivity contribution is 5.83. The smallest absolute Gasteiger partial charge is 0.145 e. The molecular weight excluding hydrogens is 286 g/mol. The Bertz CT molecular complexity index is 990. The number of hydrogen-bond acceptors (Lipinski definition) is 3. The number of benzene rings is 3. The molecular formula is C19H15N3O. The van der Waals surface area contributed by atoms with Crippen molar-refractivity contribution < 1.29 is 5.11 Å². The molecule has 4 nitrogen and oxygen atoms in total. The Morgan fingerprint density at radius 3 is 2.39 bits per heavy atom. The van der Waals surface area contributed by atoms with E-state index in [1.54, 1.807) is 12.1 Å². The summed E-state index contributed by atoms with van der Waals surface area (Å²) >= 11 is 0. The van der Waals surface area contributed by atoms with Crippen LogP contribution in [0.2, 0.25) is 0 Å². The van der Waals surface area contributed by atoms with Crippen LogP contribution in [-0.4, -0.2) is 14.7 Å². The molecule has 0 atom stereocenters. The van der Waals surface area contributed by atoms with Crippen LogP contribution in [0.3, 0.4) is 0 Å². The average Bonchev–Trinajstić information content (AvgIpc) is 2.98. The lowest BCUT2D eigenvalue weighted by molar-refractivity contribution is 0.478. The predicted molar refractivity (Wildman–Crippen MR) is 92.6 cm³/mol. The van der Waals surface area contributed by atoms with Gasteiger partial charge in [0.1, 0.15) is 11.6 Å². The fourth-order valence-electron chi connectivity index (χ4n) is 2.75. The Balaban J connectivity index is 2.05. The summed E-state index contributed by atoms with van der Waals surface area (Å²) in [4.78, 5) is 4.77. The Morgan fingerprint density at radius 2 is 1.61 bits per heavy atom. The molecule has 3 aromatic carbocycles. The first kappa shape index (κ1) is 13.4. The number of hydrogen-bond donors (Lipinski definition) is 2. The largest absolute Gasteiger partial charge is 0.506 e. The van der Waals surface area contributed by atoms with Crippen molar-refractivity contribution in [2.45, 2.75) is 0 Å². The molecule has 0 bridgehead atoms. The zero-order valence-electron chi connectivity index (χ0n) is 12.3. The molecule has 1 heterocycles. The molecule has 1 aromatic heterocycles. The van der Waals surface area contributed by atoms with Crippen LogP contribution in [0.5, 0.6) is 5.75 Å². The molecule has 0 unspecified atom stereocenters. The Morgan fingerprint density at radius 1 is 0.870 bits per heavy atom. The quantitative estimate of drug-likeness (QED) is 0.435. The van der Waals surface area contributed by atoms with Crippen LogP contribution in [0.15, 0.2) is 72.8 Å². The van der Waals surface area contributed by atoms with E-state index in [0.717, 1.165) is 28.1 Å². The van der Waals surface area contributed by atoms with E-state index in [2.05, 4.69) is 4.57 Å². The monoisotopic (exact) mass is 301 g/mol. The molecule has 0 aliphatic heterocycles. The molecule has 0 amide bonds. The molecule has 4 heteroatoms. The summed E-state index contributed by atoms with van der Waals surface area (Å²) in [6, 6.07) is 23.2. The Hall–Kier alpha value is -3.27. The summed E-state index contributed by atoms with van der Waals surface area (Å²) < 4.78 is 2.06. The van der Waals surface area contributed by atoms with Crippen LogP contribution in [0.1, 0.15) is 0 Å². The molecule has 0 radical (unpaired) electrons. The molecule has 4 aromatic rings. The normalized spacial score (nSPS) is 11.0. The van der Waals surface area contributed by atoms with Gasteiger partial charge in [-0.1, -0.05) is 42.5 Å². The van der Waals surface area contributed by atoms with Crippen molar-refractivity contribution in [1.29, 1.82) is 0 Å². The lowest BCUT2D eigenvalue weighted by Gasteiger charge is -2.11. The maximum absolute atomic E-state index is 9.69. The maximum Gasteiger partial charge on any atom is 0.145 e. The van der Waals surface area contributed by atoms with Gasteiger partial charge in [0.15, 0.2) is 0 Å². The Kier molecular flexibility index (Phi) is 3.01. The molecule has 0 aliphatic rings. The highest BCUT2D eigenvalue weighted by Gasteiger charge is 2.14. The molecule has 3 N–H and O–H groups in total. The molecule has 0 spiro atoms. The minimum absolute atomic E-state index is 0.0828. The topological polar surface area (TPSA) is 64.1 Å². The van der Waals surface area contributed by atoms with E-state index in [4.69, 9.17) is 10.7 Å². The molecule has 4 rings (SSSR count). The first-order chi connectivity index (χ1) is 11.2. The van der Waals surface area contributed by atoms with Crippen LogP contribution >= 0.6 is 0 Å². The predicted octanol–water partition coefficient (Wildman–Crippen LogP) is 3.98. The van der Waals surface area contributed by atoms with Crippen molar-refractivity contribution in [3.63, 3.8) is 0 Å². The van der Waals surface area contributed by atoms with Crippen molar-refractivity contribution in [1.82, 2.24) is 9.55 Å². The minimum atomic E-state index is 0.0828. The van der Waals surface area contributed by atoms with E-state index in [-0.39, 0.29) is 5.75 Å². The van der Waals surface area contributed by atoms with E-state index < -0.39 is 0 Å². The van der Waals surface area contributed by atoms with E-state index >= 15 is 0 Å². The second-order valence-corrected chi connectivity index (χ2v) is 5.37. The van der Waals surface area contributed by atoms with Gasteiger partial charge in [-0.25, -0.2) is 4.98 Å². The second-order valence-electron chi connectivity index (χ2n) is 5.37. The first-order valence-corrected chi connectivity index (χ1v) is 7.36. The fourth-order valence-corrected chi connectivity index (χ4v) is 2.75. The maximum atomic E-state index is 9.69. The third-order valence-electron chi connectivity index (χ3n) is 3.86. The molecule has 23 heavy (non-hydrogen) atoms. The van der Waals surface area contributed by atoms with Crippen LogP contribution in [0.4, 0.5) is 5.69 Å². The van der Waals surface area contributed by atoms with Gasteiger partial charge >= 0.3 is 0 Å². The standard InChI is InChI=1S/C19H15N3O/c20-15-12-14(10-11-18(15)23)22-17-9-5-4-8-16(17)21-19(22)13-6-2-1-3-7-13/h1-12,23H,20H2. The number of rotatable bonds is 2. The lowest BCUT2D eigenvalue weighted by Crippen LogP contribution is -1.98. The highest BCUT2D eigenvalue weighted by Crippen LogP contribution is 2.31. The summed E-state index contributed by atoms with van der Waals surface area (Å²) in [5.74, 6) is 0.927. The molecule has 0 saturated heterocycles. The number of anilines is 1. The van der Waals surface area contributed by atoms with Gasteiger partial charge in [-0.2, -0.15) is 0 Å². The number of aromatic hydroxyl groups is 1. The van der Waals surface area contributed by atoms with E-state index in [9.17, 15) is 5.11 Å². The van der Waals surface area contributed by atoms with Gasteiger partial charge in [-0.15, -0.1) is 0 Å². The average molecular weight is 301 g/mol. The van der Waals surface area contributed by atoms with Gasteiger partial charge in [0.05, 0.1) is 22.4 Å². The number of fused-ring (bicyclic) bond motifs is 1. The van der Waals surface area contributed by atoms with Crippen molar-refractivity contribution in [2.75, 3.05) is 5.73 Å². The number of imidazole rings is 1. The first-order valence-electron chi connectivity index (χ1n) is 7.36.